The molecular weight excluding hydrogens is 532 g/mol. The summed E-state index contributed by atoms with van der Waals surface area (Å²) < 4.78 is 5.60. The summed E-state index contributed by atoms with van der Waals surface area (Å²) in [6.45, 7) is 0.115. The van der Waals surface area contributed by atoms with E-state index in [1.54, 1.807) is 9.80 Å². The highest BCUT2D eigenvalue weighted by Crippen LogP contribution is 2.58. The van der Waals surface area contributed by atoms with E-state index in [1.165, 1.54) is 0 Å². The third-order valence-corrected chi connectivity index (χ3v) is 11.2. The number of hydrogen-bond acceptors (Lipinski definition) is 6. The first-order valence-electron chi connectivity index (χ1n) is 16.3. The van der Waals surface area contributed by atoms with Crippen molar-refractivity contribution in [2.24, 2.45) is 29.6 Å². The minimum Gasteiger partial charge on any atom is -0.491 e. The molecule has 2 heterocycles. The Labute approximate surface area is 247 Å². The van der Waals surface area contributed by atoms with Crippen molar-refractivity contribution in [2.75, 3.05) is 13.2 Å². The van der Waals surface area contributed by atoms with Gasteiger partial charge in [-0.05, 0) is 62.1 Å². The molecule has 6 unspecified atom stereocenters. The van der Waals surface area contributed by atoms with Crippen LogP contribution in [0, 0.1) is 29.6 Å². The van der Waals surface area contributed by atoms with E-state index in [4.69, 9.17) is 9.84 Å². The topological polar surface area (TPSA) is 104 Å². The number of carbonyl (C=O) groups is 4. The molecule has 8 heteroatoms. The zero-order chi connectivity index (χ0) is 29.0. The van der Waals surface area contributed by atoms with Crippen LogP contribution < -0.4 is 4.74 Å². The van der Waals surface area contributed by atoms with E-state index in [9.17, 15) is 19.2 Å². The second kappa shape index (κ2) is 11.3. The summed E-state index contributed by atoms with van der Waals surface area (Å²) in [4.78, 5) is 59.4. The molecular formula is C34H42N2O6. The number of imide groups is 2. The summed E-state index contributed by atoms with van der Waals surface area (Å²) in [5, 5.41) is 9.16. The quantitative estimate of drug-likeness (QED) is 0.400. The van der Waals surface area contributed by atoms with E-state index in [-0.39, 0.29) is 66.7 Å². The van der Waals surface area contributed by atoms with E-state index < -0.39 is 17.8 Å². The molecule has 3 saturated carbocycles. The number of allylic oxidation sites excluding steroid dienone is 2. The number of ether oxygens (including phenoxy) is 1. The lowest BCUT2D eigenvalue weighted by molar-refractivity contribution is -0.145. The van der Waals surface area contributed by atoms with Gasteiger partial charge >= 0.3 is 0 Å². The highest BCUT2D eigenvalue weighted by atomic mass is 16.5. The number of aliphatic hydroxyl groups excluding tert-OH is 1. The van der Waals surface area contributed by atoms with Crippen LogP contribution >= 0.6 is 0 Å². The second-order valence-corrected chi connectivity index (χ2v) is 13.3. The maximum atomic E-state index is 14.2. The number of amides is 4. The Kier molecular flexibility index (Phi) is 7.45. The first kappa shape index (κ1) is 27.8. The molecule has 2 aliphatic heterocycles. The van der Waals surface area contributed by atoms with E-state index >= 15 is 0 Å². The van der Waals surface area contributed by atoms with E-state index in [0.29, 0.717) is 18.6 Å². The van der Waals surface area contributed by atoms with Crippen LogP contribution in [0.5, 0.6) is 5.75 Å². The average Bonchev–Trinajstić information content (AvgIpc) is 3.43. The van der Waals surface area contributed by atoms with Crippen molar-refractivity contribution < 1.29 is 29.0 Å². The largest absolute Gasteiger partial charge is 0.491 e. The monoisotopic (exact) mass is 574 g/mol. The summed E-state index contributed by atoms with van der Waals surface area (Å²) in [7, 11) is 0. The molecule has 8 nitrogen and oxygen atoms in total. The summed E-state index contributed by atoms with van der Waals surface area (Å²) >= 11 is 0. The number of fused-ring (bicyclic) bond motifs is 4. The lowest BCUT2D eigenvalue weighted by Crippen LogP contribution is -2.44. The van der Waals surface area contributed by atoms with Crippen molar-refractivity contribution in [1.82, 2.24) is 9.80 Å². The predicted molar refractivity (Wildman–Crippen MR) is 154 cm³/mol. The van der Waals surface area contributed by atoms with Gasteiger partial charge in [0.25, 0.3) is 0 Å². The Morgan fingerprint density at radius 2 is 1.26 bits per heavy atom. The van der Waals surface area contributed by atoms with Gasteiger partial charge in [-0.1, -0.05) is 62.3 Å². The van der Waals surface area contributed by atoms with Gasteiger partial charge in [-0.15, -0.1) is 0 Å². The molecule has 1 N–H and O–H groups in total. The molecule has 4 aliphatic carbocycles. The smallest absolute Gasteiger partial charge is 0.234 e. The van der Waals surface area contributed by atoms with Gasteiger partial charge in [0.1, 0.15) is 12.4 Å². The molecule has 0 radical (unpaired) electrons. The summed E-state index contributed by atoms with van der Waals surface area (Å²) in [6, 6.07) is 7.57. The van der Waals surface area contributed by atoms with Crippen molar-refractivity contribution in [2.45, 2.75) is 95.1 Å². The fourth-order valence-corrected chi connectivity index (χ4v) is 9.35. The lowest BCUT2D eigenvalue weighted by Gasteiger charge is -2.44. The van der Waals surface area contributed by atoms with Gasteiger partial charge in [-0.25, -0.2) is 0 Å². The van der Waals surface area contributed by atoms with Gasteiger partial charge in [-0.2, -0.15) is 0 Å². The van der Waals surface area contributed by atoms with Crippen LogP contribution in [0.2, 0.25) is 0 Å². The SMILES string of the molecule is O=C1C2CC=C3C(CC4C(=O)N(C5CCCCC5)C(=O)C4C3c3ccc(OCCO)cc3)C2C(=O)N1C1CCCCC1. The number of likely N-dealkylation sites (tertiary alicyclic amines) is 2. The van der Waals surface area contributed by atoms with Crippen LogP contribution in [-0.4, -0.2) is 63.8 Å². The molecule has 2 saturated heterocycles. The number of hydrogen-bond donors (Lipinski definition) is 1. The highest BCUT2D eigenvalue weighted by molar-refractivity contribution is 6.08. The average molecular weight is 575 g/mol. The maximum Gasteiger partial charge on any atom is 0.234 e. The van der Waals surface area contributed by atoms with Gasteiger partial charge < -0.3 is 9.84 Å². The third-order valence-electron chi connectivity index (χ3n) is 11.2. The molecule has 4 amide bonds. The van der Waals surface area contributed by atoms with Crippen LogP contribution in [-0.2, 0) is 19.2 Å². The van der Waals surface area contributed by atoms with Crippen LogP contribution in [0.4, 0.5) is 0 Å². The zero-order valence-electron chi connectivity index (χ0n) is 24.3. The zero-order valence-corrected chi connectivity index (χ0v) is 24.3. The first-order chi connectivity index (χ1) is 20.5. The van der Waals surface area contributed by atoms with Gasteiger partial charge in [-0.3, -0.25) is 29.0 Å². The third kappa shape index (κ3) is 4.43. The van der Waals surface area contributed by atoms with E-state index in [1.807, 2.05) is 24.3 Å². The van der Waals surface area contributed by atoms with Crippen molar-refractivity contribution in [1.29, 1.82) is 0 Å². The molecule has 42 heavy (non-hydrogen) atoms. The van der Waals surface area contributed by atoms with E-state index in [0.717, 1.165) is 75.3 Å². The highest BCUT2D eigenvalue weighted by Gasteiger charge is 2.63. The predicted octanol–water partition coefficient (Wildman–Crippen LogP) is 4.36. The number of benzene rings is 1. The van der Waals surface area contributed by atoms with Crippen molar-refractivity contribution >= 4 is 23.6 Å². The normalized spacial score (nSPS) is 33.9. The number of aliphatic hydroxyl groups is 1. The number of carbonyl (C=O) groups excluding carboxylic acids is 4. The molecule has 0 aromatic heterocycles. The molecule has 6 atom stereocenters. The van der Waals surface area contributed by atoms with Crippen molar-refractivity contribution in [3.63, 3.8) is 0 Å². The molecule has 5 fully saturated rings. The molecule has 7 rings (SSSR count). The van der Waals surface area contributed by atoms with Crippen LogP contribution in [0.15, 0.2) is 35.9 Å². The minimum atomic E-state index is -0.496. The minimum absolute atomic E-state index is 0.0112. The summed E-state index contributed by atoms with van der Waals surface area (Å²) in [6.07, 6.45) is 13.0. The van der Waals surface area contributed by atoms with Crippen LogP contribution in [0.1, 0.15) is 88.5 Å². The van der Waals surface area contributed by atoms with Crippen LogP contribution in [0.25, 0.3) is 0 Å². The van der Waals surface area contributed by atoms with E-state index in [2.05, 4.69) is 6.08 Å². The number of rotatable bonds is 6. The van der Waals surface area contributed by atoms with Crippen molar-refractivity contribution in [3.05, 3.63) is 41.5 Å². The van der Waals surface area contributed by atoms with Gasteiger partial charge in [0.2, 0.25) is 23.6 Å². The molecule has 0 bridgehead atoms. The first-order valence-corrected chi connectivity index (χ1v) is 16.3. The molecule has 1 aromatic carbocycles. The molecule has 6 aliphatic rings. The van der Waals surface area contributed by atoms with Gasteiger partial charge in [0, 0.05) is 18.0 Å². The summed E-state index contributed by atoms with van der Waals surface area (Å²) in [5.74, 6) is -1.96. The fourth-order valence-electron chi connectivity index (χ4n) is 9.35. The lowest BCUT2D eigenvalue weighted by atomic mass is 9.57. The Bertz CT molecular complexity index is 1280. The van der Waals surface area contributed by atoms with Gasteiger partial charge in [0.15, 0.2) is 0 Å². The Morgan fingerprint density at radius 1 is 0.690 bits per heavy atom. The maximum absolute atomic E-state index is 14.2. The molecule has 1 aromatic rings. The van der Waals surface area contributed by atoms with Crippen LogP contribution in [0.3, 0.4) is 0 Å². The Balaban J connectivity index is 1.26. The Morgan fingerprint density at radius 3 is 1.86 bits per heavy atom. The van der Waals surface area contributed by atoms with Crippen molar-refractivity contribution in [3.8, 4) is 5.75 Å². The molecule has 224 valence electrons. The number of nitrogens with zero attached hydrogens (tertiary/aromatic N) is 2. The Hall–Kier alpha value is -3.00. The molecule has 0 spiro atoms. The fraction of sp³-hybridized carbons (Fsp3) is 0.647. The second-order valence-electron chi connectivity index (χ2n) is 13.3. The standard InChI is InChI=1S/C34H42N2O6/c37-17-18-42-23-13-11-20(12-14-23)28-24-15-16-25-29(33(40)35(31(25)38)21-7-3-1-4-8-21)26(24)19-27-30(28)34(41)36(32(27)39)22-9-5-2-6-10-22/h11-15,21-22,25-30,37H,1-10,16-19H2. The van der Waals surface area contributed by atoms with Gasteiger partial charge in [0.05, 0.1) is 30.3 Å². The summed E-state index contributed by atoms with van der Waals surface area (Å²) in [5.41, 5.74) is 1.99.